The molecule has 2 aliphatic rings. The van der Waals surface area contributed by atoms with Gasteiger partial charge in [0.15, 0.2) is 0 Å². The second kappa shape index (κ2) is 9.70. The number of hydrogen-bond donors (Lipinski definition) is 0. The summed E-state index contributed by atoms with van der Waals surface area (Å²) in [5.41, 5.74) is 5.71. The quantitative estimate of drug-likeness (QED) is 0.281. The van der Waals surface area contributed by atoms with E-state index in [0.717, 1.165) is 45.6 Å². The molecule has 1 aliphatic heterocycles. The molecule has 1 aliphatic carbocycles. The van der Waals surface area contributed by atoms with E-state index in [1.807, 2.05) is 29.3 Å². The highest BCUT2D eigenvalue weighted by atomic mass is 32.1. The van der Waals surface area contributed by atoms with E-state index in [4.69, 9.17) is 19.2 Å². The first kappa shape index (κ1) is 22.1. The van der Waals surface area contributed by atoms with Gasteiger partial charge in [-0.15, -0.1) is 11.3 Å². The topological polar surface area (TPSA) is 50.9 Å². The lowest BCUT2D eigenvalue weighted by atomic mass is 9.84. The molecule has 1 fully saturated rings. The number of ether oxygens (including phenoxy) is 1. The summed E-state index contributed by atoms with van der Waals surface area (Å²) in [6.45, 7) is 0. The van der Waals surface area contributed by atoms with E-state index >= 15 is 0 Å². The molecule has 0 bridgehead atoms. The lowest BCUT2D eigenvalue weighted by molar-refractivity contribution is 0.415. The maximum atomic E-state index is 5.79. The zero-order valence-corrected chi connectivity index (χ0v) is 20.7. The molecular formula is C29H29N3O2S. The van der Waals surface area contributed by atoms with Crippen molar-refractivity contribution in [3.05, 3.63) is 89.2 Å². The Morgan fingerprint density at radius 1 is 0.943 bits per heavy atom. The summed E-state index contributed by atoms with van der Waals surface area (Å²) < 4.78 is 11.1. The van der Waals surface area contributed by atoms with Gasteiger partial charge >= 0.3 is 0 Å². The minimum absolute atomic E-state index is 0.0187. The standard InChI is InChI=1S/C29H29N3O2S/c1-33-24-15-13-22(14-16-24)25-18-27(28-8-5-17-34-28)32(31-25)29-30-26(19-35-29)23-11-9-21(10-12-23)20-6-3-2-4-7-20/h5,8-17,19-20,27H,2-4,6-7,18H2,1H3. The second-order valence-corrected chi connectivity index (χ2v) is 10.2. The zero-order valence-electron chi connectivity index (χ0n) is 19.9. The van der Waals surface area contributed by atoms with Crippen molar-refractivity contribution in [2.75, 3.05) is 12.1 Å². The minimum Gasteiger partial charge on any atom is -0.497 e. The van der Waals surface area contributed by atoms with Gasteiger partial charge in [0, 0.05) is 17.4 Å². The smallest absolute Gasteiger partial charge is 0.207 e. The molecule has 0 spiro atoms. The zero-order chi connectivity index (χ0) is 23.6. The lowest BCUT2D eigenvalue weighted by Gasteiger charge is -2.22. The number of hydrazone groups is 1. The van der Waals surface area contributed by atoms with Crippen LogP contribution < -0.4 is 9.75 Å². The van der Waals surface area contributed by atoms with Crippen LogP contribution in [0.2, 0.25) is 0 Å². The molecule has 6 heteroatoms. The first-order valence-electron chi connectivity index (χ1n) is 12.4. The van der Waals surface area contributed by atoms with E-state index in [0.29, 0.717) is 5.92 Å². The molecule has 6 rings (SSSR count). The van der Waals surface area contributed by atoms with E-state index < -0.39 is 0 Å². The van der Waals surface area contributed by atoms with E-state index in [1.165, 1.54) is 37.7 Å². The molecule has 1 atom stereocenters. The van der Waals surface area contributed by atoms with Gasteiger partial charge in [-0.25, -0.2) is 9.99 Å². The molecule has 35 heavy (non-hydrogen) atoms. The van der Waals surface area contributed by atoms with Crippen molar-refractivity contribution in [3.8, 4) is 17.0 Å². The fourth-order valence-corrected chi connectivity index (χ4v) is 6.04. The summed E-state index contributed by atoms with van der Waals surface area (Å²) >= 11 is 1.62. The predicted molar refractivity (Wildman–Crippen MR) is 141 cm³/mol. The molecule has 4 aromatic rings. The Balaban J connectivity index is 1.27. The van der Waals surface area contributed by atoms with Gasteiger partial charge in [-0.3, -0.25) is 0 Å². The van der Waals surface area contributed by atoms with Crippen LogP contribution in [-0.4, -0.2) is 17.8 Å². The third-order valence-electron chi connectivity index (χ3n) is 7.18. The van der Waals surface area contributed by atoms with E-state index in [2.05, 4.69) is 41.8 Å². The Labute approximate surface area is 210 Å². The Bertz CT molecular complexity index is 1290. The van der Waals surface area contributed by atoms with Gasteiger partial charge in [0.2, 0.25) is 5.13 Å². The number of nitrogens with zero attached hydrogens (tertiary/aromatic N) is 3. The van der Waals surface area contributed by atoms with Crippen LogP contribution in [0.15, 0.2) is 81.8 Å². The maximum Gasteiger partial charge on any atom is 0.207 e. The van der Waals surface area contributed by atoms with Crippen LogP contribution in [0.4, 0.5) is 5.13 Å². The van der Waals surface area contributed by atoms with E-state index in [1.54, 1.807) is 24.7 Å². The lowest BCUT2D eigenvalue weighted by Crippen LogP contribution is -2.17. The molecule has 0 saturated heterocycles. The van der Waals surface area contributed by atoms with E-state index in [-0.39, 0.29) is 6.04 Å². The van der Waals surface area contributed by atoms with Crippen LogP contribution in [0.5, 0.6) is 5.75 Å². The number of anilines is 1. The minimum atomic E-state index is -0.0187. The first-order chi connectivity index (χ1) is 17.3. The van der Waals surface area contributed by atoms with Gasteiger partial charge in [0.1, 0.15) is 17.6 Å². The van der Waals surface area contributed by atoms with Crippen molar-refractivity contribution in [2.45, 2.75) is 50.5 Å². The molecule has 0 amide bonds. The van der Waals surface area contributed by atoms with Gasteiger partial charge in [-0.1, -0.05) is 43.5 Å². The predicted octanol–water partition coefficient (Wildman–Crippen LogP) is 7.82. The van der Waals surface area contributed by atoms with Crippen LogP contribution in [0.1, 0.15) is 67.4 Å². The van der Waals surface area contributed by atoms with Gasteiger partial charge in [0.25, 0.3) is 0 Å². The summed E-state index contributed by atoms with van der Waals surface area (Å²) in [5, 5.41) is 10.0. The molecule has 1 unspecified atom stereocenters. The average molecular weight is 484 g/mol. The number of benzene rings is 2. The van der Waals surface area contributed by atoms with Crippen LogP contribution in [-0.2, 0) is 0 Å². The monoisotopic (exact) mass is 483 g/mol. The molecule has 0 N–H and O–H groups in total. The van der Waals surface area contributed by atoms with Crippen molar-refractivity contribution in [2.24, 2.45) is 5.10 Å². The molecule has 5 nitrogen and oxygen atoms in total. The maximum absolute atomic E-state index is 5.79. The largest absolute Gasteiger partial charge is 0.497 e. The molecule has 2 aromatic heterocycles. The number of methoxy groups -OCH3 is 1. The summed E-state index contributed by atoms with van der Waals surface area (Å²) in [6, 6.07) is 21.0. The number of rotatable bonds is 6. The molecule has 2 aromatic carbocycles. The van der Waals surface area contributed by atoms with Crippen LogP contribution >= 0.6 is 11.3 Å². The summed E-state index contributed by atoms with van der Waals surface area (Å²) in [4.78, 5) is 5.00. The third kappa shape index (κ3) is 4.50. The summed E-state index contributed by atoms with van der Waals surface area (Å²) in [6.07, 6.45) is 9.20. The van der Waals surface area contributed by atoms with Crippen LogP contribution in [0, 0.1) is 0 Å². The van der Waals surface area contributed by atoms with Crippen molar-refractivity contribution >= 4 is 22.2 Å². The van der Waals surface area contributed by atoms with Gasteiger partial charge in [-0.2, -0.15) is 5.10 Å². The third-order valence-corrected chi connectivity index (χ3v) is 8.01. The van der Waals surface area contributed by atoms with Crippen molar-refractivity contribution < 1.29 is 9.15 Å². The first-order valence-corrected chi connectivity index (χ1v) is 13.3. The number of thiazole rings is 1. The Kier molecular flexibility index (Phi) is 6.13. The second-order valence-electron chi connectivity index (χ2n) is 9.33. The van der Waals surface area contributed by atoms with Crippen molar-refractivity contribution in [1.82, 2.24) is 4.98 Å². The van der Waals surface area contributed by atoms with E-state index in [9.17, 15) is 0 Å². The fourth-order valence-electron chi connectivity index (χ4n) is 5.21. The van der Waals surface area contributed by atoms with Gasteiger partial charge < -0.3 is 9.15 Å². The molecule has 0 radical (unpaired) electrons. The summed E-state index contributed by atoms with van der Waals surface area (Å²) in [5.74, 6) is 2.45. The molecule has 178 valence electrons. The van der Waals surface area contributed by atoms with Gasteiger partial charge in [-0.05, 0) is 66.3 Å². The number of hydrogen-bond acceptors (Lipinski definition) is 6. The number of aromatic nitrogens is 1. The molecule has 3 heterocycles. The molecular weight excluding hydrogens is 454 g/mol. The number of furan rings is 1. The van der Waals surface area contributed by atoms with Crippen LogP contribution in [0.25, 0.3) is 11.3 Å². The fraction of sp³-hybridized carbons (Fsp3) is 0.310. The molecule has 1 saturated carbocycles. The Hall–Kier alpha value is -3.38. The highest BCUT2D eigenvalue weighted by Crippen LogP contribution is 2.40. The van der Waals surface area contributed by atoms with Crippen LogP contribution in [0.3, 0.4) is 0 Å². The highest BCUT2D eigenvalue weighted by molar-refractivity contribution is 7.14. The normalized spacial score (nSPS) is 18.6. The van der Waals surface area contributed by atoms with Gasteiger partial charge in [0.05, 0.1) is 24.8 Å². The highest BCUT2D eigenvalue weighted by Gasteiger charge is 2.33. The average Bonchev–Trinajstić information content (AvgIpc) is 3.70. The Morgan fingerprint density at radius 3 is 2.43 bits per heavy atom. The van der Waals surface area contributed by atoms with Crippen molar-refractivity contribution in [3.63, 3.8) is 0 Å². The SMILES string of the molecule is COc1ccc(C2=NN(c3nc(-c4ccc(C5CCCCC5)cc4)cs3)C(c3ccco3)C2)cc1. The Morgan fingerprint density at radius 2 is 1.71 bits per heavy atom. The van der Waals surface area contributed by atoms with Crippen molar-refractivity contribution in [1.29, 1.82) is 0 Å². The summed E-state index contributed by atoms with van der Waals surface area (Å²) in [7, 11) is 1.68.